The minimum absolute atomic E-state index is 0.495. The Bertz CT molecular complexity index is 388. The third-order valence-corrected chi connectivity index (χ3v) is 3.50. The van der Waals surface area contributed by atoms with E-state index >= 15 is 0 Å². The quantitative estimate of drug-likeness (QED) is 0.820. The average molecular weight is 263 g/mol. The highest BCUT2D eigenvalue weighted by atomic mass is 15.2. The summed E-state index contributed by atoms with van der Waals surface area (Å²) >= 11 is 0. The molecular weight excluding hydrogens is 234 g/mol. The fraction of sp³-hybridized carbons (Fsp3) is 0.688. The average Bonchev–Trinajstić information content (AvgIpc) is 2.37. The largest absolute Gasteiger partial charge is 0.357 e. The first-order valence-corrected chi connectivity index (χ1v) is 7.40. The highest BCUT2D eigenvalue weighted by molar-refractivity contribution is 5.43. The van der Waals surface area contributed by atoms with E-state index in [2.05, 4.69) is 51.8 Å². The van der Waals surface area contributed by atoms with Crippen LogP contribution in [0.4, 0.5) is 5.82 Å². The molecule has 0 saturated heterocycles. The maximum Gasteiger partial charge on any atom is 0.129 e. The Morgan fingerprint density at radius 3 is 2.47 bits per heavy atom. The summed E-state index contributed by atoms with van der Waals surface area (Å²) in [5, 5.41) is 0. The van der Waals surface area contributed by atoms with Gasteiger partial charge in [-0.2, -0.15) is 0 Å². The van der Waals surface area contributed by atoms with E-state index in [1.807, 2.05) is 0 Å². The van der Waals surface area contributed by atoms with Gasteiger partial charge in [-0.15, -0.1) is 0 Å². The molecule has 0 radical (unpaired) electrons. The minimum Gasteiger partial charge on any atom is -0.357 e. The molecule has 1 rings (SSSR count). The molecule has 1 atom stereocenters. The van der Waals surface area contributed by atoms with Gasteiger partial charge >= 0.3 is 0 Å². The zero-order valence-corrected chi connectivity index (χ0v) is 13.1. The normalized spacial score (nSPS) is 12.8. The summed E-state index contributed by atoms with van der Waals surface area (Å²) in [6.07, 6.45) is 3.31. The van der Waals surface area contributed by atoms with E-state index in [0.29, 0.717) is 18.5 Å². The lowest BCUT2D eigenvalue weighted by Gasteiger charge is -2.28. The van der Waals surface area contributed by atoms with Crippen LogP contribution in [0.25, 0.3) is 0 Å². The van der Waals surface area contributed by atoms with E-state index in [4.69, 9.17) is 10.7 Å². The predicted octanol–water partition coefficient (Wildman–Crippen LogP) is 3.36. The highest BCUT2D eigenvalue weighted by Gasteiger charge is 2.14. The first-order chi connectivity index (χ1) is 8.97. The van der Waals surface area contributed by atoms with Crippen molar-refractivity contribution in [2.45, 2.75) is 59.5 Å². The molecule has 0 spiro atoms. The molecule has 1 aromatic heterocycles. The van der Waals surface area contributed by atoms with Crippen LogP contribution in [0.2, 0.25) is 0 Å². The molecule has 3 nitrogen and oxygen atoms in total. The van der Waals surface area contributed by atoms with Crippen molar-refractivity contribution in [1.29, 1.82) is 0 Å². The Morgan fingerprint density at radius 2 is 1.95 bits per heavy atom. The van der Waals surface area contributed by atoms with Gasteiger partial charge in [0.1, 0.15) is 5.82 Å². The van der Waals surface area contributed by atoms with Crippen LogP contribution in [0.1, 0.15) is 51.8 Å². The van der Waals surface area contributed by atoms with E-state index in [-0.39, 0.29) is 0 Å². The van der Waals surface area contributed by atoms with Gasteiger partial charge in [0.2, 0.25) is 0 Å². The molecule has 1 aromatic rings. The van der Waals surface area contributed by atoms with Crippen LogP contribution in [0.5, 0.6) is 0 Å². The second-order valence-corrected chi connectivity index (χ2v) is 5.87. The number of pyridine rings is 1. The molecule has 1 unspecified atom stereocenters. The second kappa shape index (κ2) is 7.49. The third kappa shape index (κ3) is 4.83. The number of hydrogen-bond donors (Lipinski definition) is 1. The summed E-state index contributed by atoms with van der Waals surface area (Å²) in [7, 11) is 2.13. The monoisotopic (exact) mass is 263 g/mol. The third-order valence-electron chi connectivity index (χ3n) is 3.50. The van der Waals surface area contributed by atoms with E-state index in [9.17, 15) is 0 Å². The summed E-state index contributed by atoms with van der Waals surface area (Å²) in [6, 6.07) is 4.75. The fourth-order valence-corrected chi connectivity index (χ4v) is 2.38. The van der Waals surface area contributed by atoms with E-state index in [1.54, 1.807) is 0 Å². The first kappa shape index (κ1) is 16.0. The van der Waals surface area contributed by atoms with Crippen molar-refractivity contribution in [3.8, 4) is 0 Å². The van der Waals surface area contributed by atoms with Gasteiger partial charge in [0, 0.05) is 25.3 Å². The van der Waals surface area contributed by atoms with Crippen molar-refractivity contribution in [2.24, 2.45) is 11.7 Å². The van der Waals surface area contributed by atoms with Crippen LogP contribution in [0.3, 0.4) is 0 Å². The molecule has 0 aliphatic carbocycles. The molecule has 0 amide bonds. The van der Waals surface area contributed by atoms with Gasteiger partial charge in [0.25, 0.3) is 0 Å². The number of aromatic nitrogens is 1. The molecule has 108 valence electrons. The number of aryl methyl sites for hydroxylation is 1. The van der Waals surface area contributed by atoms with Gasteiger partial charge in [0.15, 0.2) is 0 Å². The van der Waals surface area contributed by atoms with Crippen LogP contribution in [0.15, 0.2) is 12.1 Å². The molecular formula is C16H29N3. The summed E-state index contributed by atoms with van der Waals surface area (Å²) in [6.45, 7) is 9.55. The number of nitrogens with two attached hydrogens (primary N) is 1. The van der Waals surface area contributed by atoms with Gasteiger partial charge < -0.3 is 10.6 Å². The molecule has 2 N–H and O–H groups in total. The van der Waals surface area contributed by atoms with Gasteiger partial charge in [0.05, 0.1) is 0 Å². The number of rotatable bonds is 7. The highest BCUT2D eigenvalue weighted by Crippen LogP contribution is 2.20. The van der Waals surface area contributed by atoms with Crippen molar-refractivity contribution in [2.75, 3.05) is 11.9 Å². The Hall–Kier alpha value is -1.09. The van der Waals surface area contributed by atoms with Crippen LogP contribution >= 0.6 is 0 Å². The summed E-state index contributed by atoms with van der Waals surface area (Å²) < 4.78 is 0. The lowest BCUT2D eigenvalue weighted by atomic mass is 10.0. The first-order valence-electron chi connectivity index (χ1n) is 7.40. The molecule has 3 heteroatoms. The summed E-state index contributed by atoms with van der Waals surface area (Å²) in [4.78, 5) is 7.05. The maximum absolute atomic E-state index is 5.79. The van der Waals surface area contributed by atoms with Gasteiger partial charge in [-0.3, -0.25) is 0 Å². The molecule has 0 aliphatic heterocycles. The van der Waals surface area contributed by atoms with Crippen molar-refractivity contribution < 1.29 is 0 Å². The lowest BCUT2D eigenvalue weighted by molar-refractivity contribution is 0.501. The van der Waals surface area contributed by atoms with Crippen molar-refractivity contribution in [3.63, 3.8) is 0 Å². The SMILES string of the molecule is CCCc1cc(CN)cc(N(C)C(C)CC(C)C)n1. The topological polar surface area (TPSA) is 42.1 Å². The predicted molar refractivity (Wildman–Crippen MR) is 83.4 cm³/mol. The fourth-order valence-electron chi connectivity index (χ4n) is 2.38. The molecule has 0 bridgehead atoms. The Kier molecular flexibility index (Phi) is 6.29. The lowest BCUT2D eigenvalue weighted by Crippen LogP contribution is -2.31. The van der Waals surface area contributed by atoms with Gasteiger partial charge in [-0.25, -0.2) is 4.98 Å². The van der Waals surface area contributed by atoms with E-state index in [1.165, 1.54) is 12.0 Å². The number of anilines is 1. The summed E-state index contributed by atoms with van der Waals surface area (Å²) in [5.41, 5.74) is 8.13. The van der Waals surface area contributed by atoms with Crippen molar-refractivity contribution in [3.05, 3.63) is 23.4 Å². The Balaban J connectivity index is 2.94. The Labute approximate surface area is 118 Å². The minimum atomic E-state index is 0.495. The molecule has 0 aliphatic rings. The molecule has 0 aromatic carbocycles. The number of nitrogens with zero attached hydrogens (tertiary/aromatic N) is 2. The van der Waals surface area contributed by atoms with E-state index in [0.717, 1.165) is 24.4 Å². The van der Waals surface area contributed by atoms with Gasteiger partial charge in [-0.1, -0.05) is 27.2 Å². The smallest absolute Gasteiger partial charge is 0.129 e. The van der Waals surface area contributed by atoms with Crippen molar-refractivity contribution in [1.82, 2.24) is 4.98 Å². The molecule has 0 fully saturated rings. The van der Waals surface area contributed by atoms with Gasteiger partial charge in [-0.05, 0) is 43.4 Å². The molecule has 1 heterocycles. The van der Waals surface area contributed by atoms with Crippen LogP contribution in [-0.4, -0.2) is 18.1 Å². The summed E-state index contributed by atoms with van der Waals surface area (Å²) in [5.74, 6) is 1.75. The Morgan fingerprint density at radius 1 is 1.26 bits per heavy atom. The van der Waals surface area contributed by atoms with E-state index < -0.39 is 0 Å². The van der Waals surface area contributed by atoms with Crippen LogP contribution in [0, 0.1) is 5.92 Å². The molecule has 0 saturated carbocycles. The molecule has 19 heavy (non-hydrogen) atoms. The van der Waals surface area contributed by atoms with Crippen LogP contribution in [-0.2, 0) is 13.0 Å². The van der Waals surface area contributed by atoms with Crippen LogP contribution < -0.4 is 10.6 Å². The van der Waals surface area contributed by atoms with Crippen molar-refractivity contribution >= 4 is 5.82 Å². The zero-order chi connectivity index (χ0) is 14.4. The zero-order valence-electron chi connectivity index (χ0n) is 13.1. The number of hydrogen-bond acceptors (Lipinski definition) is 3. The second-order valence-electron chi connectivity index (χ2n) is 5.87. The maximum atomic E-state index is 5.79. The standard InChI is InChI=1S/C16H29N3/c1-6-7-15-9-14(11-17)10-16(18-15)19(5)13(4)8-12(2)3/h9-10,12-13H,6-8,11,17H2,1-5H3.